The third kappa shape index (κ3) is 2.92. The number of rotatable bonds is 4. The number of ether oxygens (including phenoxy) is 1. The molecule has 1 aliphatic carbocycles. The number of hydrogen-bond donors (Lipinski definition) is 0. The van der Waals surface area contributed by atoms with E-state index < -0.39 is 5.41 Å². The molecule has 2 rings (SSSR count). The fourth-order valence-electron chi connectivity index (χ4n) is 2.40. The van der Waals surface area contributed by atoms with Crippen molar-refractivity contribution in [3.63, 3.8) is 0 Å². The first-order valence-electron chi connectivity index (χ1n) is 6.49. The second-order valence-electron chi connectivity index (χ2n) is 5.16. The van der Waals surface area contributed by atoms with Gasteiger partial charge in [-0.15, -0.1) is 0 Å². The molecule has 1 aromatic rings. The Morgan fingerprint density at radius 1 is 1.21 bits per heavy atom. The predicted molar refractivity (Wildman–Crippen MR) is 72.8 cm³/mol. The molecule has 0 atom stereocenters. The highest BCUT2D eigenvalue weighted by atomic mass is 16.5. The number of para-hydroxylation sites is 1. The van der Waals surface area contributed by atoms with E-state index in [2.05, 4.69) is 6.58 Å². The van der Waals surface area contributed by atoms with Crippen molar-refractivity contribution >= 4 is 11.6 Å². The Hall–Kier alpha value is -1.90. The molecule has 0 saturated heterocycles. The molecule has 1 aliphatic rings. The molecule has 0 N–H and O–H groups in total. The minimum Gasteiger partial charge on any atom is -0.462 e. The number of ketones is 2. The average molecular weight is 258 g/mol. The summed E-state index contributed by atoms with van der Waals surface area (Å²) in [5, 5.41) is 0. The molecule has 0 heterocycles. The SMILES string of the molecule is C=C(CC1(C)C(=O)CCCC1=O)Oc1ccccc1. The number of benzene rings is 1. The van der Waals surface area contributed by atoms with Gasteiger partial charge in [0.2, 0.25) is 0 Å². The van der Waals surface area contributed by atoms with Crippen molar-refractivity contribution in [2.45, 2.75) is 32.6 Å². The van der Waals surface area contributed by atoms with Crippen molar-refractivity contribution in [2.24, 2.45) is 5.41 Å². The number of hydrogen-bond acceptors (Lipinski definition) is 3. The van der Waals surface area contributed by atoms with E-state index in [9.17, 15) is 9.59 Å². The van der Waals surface area contributed by atoms with E-state index in [0.717, 1.165) is 0 Å². The lowest BCUT2D eigenvalue weighted by Crippen LogP contribution is -2.40. The zero-order chi connectivity index (χ0) is 13.9. The predicted octanol–water partition coefficient (Wildman–Crippen LogP) is 3.30. The molecule has 1 aromatic carbocycles. The van der Waals surface area contributed by atoms with Crippen molar-refractivity contribution in [3.05, 3.63) is 42.7 Å². The van der Waals surface area contributed by atoms with Gasteiger partial charge in [0.1, 0.15) is 17.3 Å². The van der Waals surface area contributed by atoms with Crippen LogP contribution in [-0.4, -0.2) is 11.6 Å². The number of carbonyl (C=O) groups is 2. The minimum atomic E-state index is -0.954. The van der Waals surface area contributed by atoms with Crippen LogP contribution in [0.15, 0.2) is 42.7 Å². The van der Waals surface area contributed by atoms with Gasteiger partial charge >= 0.3 is 0 Å². The molecule has 0 aliphatic heterocycles. The van der Waals surface area contributed by atoms with Crippen LogP contribution < -0.4 is 4.74 Å². The van der Waals surface area contributed by atoms with Crippen molar-refractivity contribution in [2.75, 3.05) is 0 Å². The molecule has 3 heteroatoms. The highest BCUT2D eigenvalue weighted by Crippen LogP contribution is 2.35. The Balaban J connectivity index is 2.05. The van der Waals surface area contributed by atoms with Crippen LogP contribution >= 0.6 is 0 Å². The molecule has 0 spiro atoms. The molecule has 19 heavy (non-hydrogen) atoms. The Kier molecular flexibility index (Phi) is 3.84. The lowest BCUT2D eigenvalue weighted by atomic mass is 9.71. The lowest BCUT2D eigenvalue weighted by molar-refractivity contribution is -0.143. The Morgan fingerprint density at radius 2 is 1.79 bits per heavy atom. The summed E-state index contributed by atoms with van der Waals surface area (Å²) >= 11 is 0. The maximum absolute atomic E-state index is 12.0. The molecule has 0 unspecified atom stereocenters. The van der Waals surface area contributed by atoms with Gasteiger partial charge in [0.05, 0.1) is 11.2 Å². The van der Waals surface area contributed by atoms with Gasteiger partial charge in [-0.1, -0.05) is 24.8 Å². The average Bonchev–Trinajstić information content (AvgIpc) is 2.37. The molecule has 1 saturated carbocycles. The van der Waals surface area contributed by atoms with Crippen LogP contribution in [0.25, 0.3) is 0 Å². The third-order valence-electron chi connectivity index (χ3n) is 3.59. The molecule has 3 nitrogen and oxygen atoms in total. The summed E-state index contributed by atoms with van der Waals surface area (Å²) in [4.78, 5) is 24.0. The topological polar surface area (TPSA) is 43.4 Å². The van der Waals surface area contributed by atoms with Crippen LogP contribution in [0, 0.1) is 5.41 Å². The van der Waals surface area contributed by atoms with E-state index in [1.807, 2.05) is 30.3 Å². The molecule has 0 bridgehead atoms. The fraction of sp³-hybridized carbons (Fsp3) is 0.375. The first-order chi connectivity index (χ1) is 9.02. The van der Waals surface area contributed by atoms with E-state index in [1.165, 1.54) is 0 Å². The van der Waals surface area contributed by atoms with E-state index in [1.54, 1.807) is 6.92 Å². The van der Waals surface area contributed by atoms with Gasteiger partial charge < -0.3 is 4.74 Å². The third-order valence-corrected chi connectivity index (χ3v) is 3.59. The maximum Gasteiger partial charge on any atom is 0.146 e. The van der Waals surface area contributed by atoms with Crippen LogP contribution in [0.4, 0.5) is 0 Å². The summed E-state index contributed by atoms with van der Waals surface area (Å²) in [6.07, 6.45) is 1.88. The summed E-state index contributed by atoms with van der Waals surface area (Å²) < 4.78 is 5.58. The summed E-state index contributed by atoms with van der Waals surface area (Å²) in [5.74, 6) is 1.13. The normalized spacial score (nSPS) is 18.2. The van der Waals surface area contributed by atoms with Gasteiger partial charge in [-0.3, -0.25) is 9.59 Å². The monoisotopic (exact) mass is 258 g/mol. The van der Waals surface area contributed by atoms with Gasteiger partial charge in [0, 0.05) is 19.3 Å². The van der Waals surface area contributed by atoms with Crippen LogP contribution in [0.2, 0.25) is 0 Å². The standard InChI is InChI=1S/C16H18O3/c1-12(19-13-7-4-3-5-8-13)11-16(2)14(17)9-6-10-15(16)18/h3-5,7-8H,1,6,9-11H2,2H3. The molecule has 0 amide bonds. The molecule has 0 aromatic heterocycles. The number of carbonyl (C=O) groups excluding carboxylic acids is 2. The maximum atomic E-state index is 12.0. The summed E-state index contributed by atoms with van der Waals surface area (Å²) in [6.45, 7) is 5.54. The van der Waals surface area contributed by atoms with E-state index in [0.29, 0.717) is 30.8 Å². The Bertz CT molecular complexity index is 486. The van der Waals surface area contributed by atoms with Gasteiger partial charge in [-0.05, 0) is 25.5 Å². The highest BCUT2D eigenvalue weighted by molar-refractivity contribution is 6.08. The van der Waals surface area contributed by atoms with Gasteiger partial charge in [-0.25, -0.2) is 0 Å². The van der Waals surface area contributed by atoms with E-state index in [4.69, 9.17) is 4.74 Å². The largest absolute Gasteiger partial charge is 0.462 e. The highest BCUT2D eigenvalue weighted by Gasteiger charge is 2.43. The molecule has 0 radical (unpaired) electrons. The van der Waals surface area contributed by atoms with Crippen molar-refractivity contribution in [1.29, 1.82) is 0 Å². The van der Waals surface area contributed by atoms with E-state index in [-0.39, 0.29) is 18.0 Å². The second kappa shape index (κ2) is 5.39. The Morgan fingerprint density at radius 3 is 2.37 bits per heavy atom. The Labute approximate surface area is 113 Å². The first-order valence-corrected chi connectivity index (χ1v) is 6.49. The lowest BCUT2D eigenvalue weighted by Gasteiger charge is -2.30. The molecular weight excluding hydrogens is 240 g/mol. The van der Waals surface area contributed by atoms with Gasteiger partial charge in [0.25, 0.3) is 0 Å². The van der Waals surface area contributed by atoms with E-state index >= 15 is 0 Å². The fourth-order valence-corrected chi connectivity index (χ4v) is 2.40. The minimum absolute atomic E-state index is 0.00145. The van der Waals surface area contributed by atoms with Crippen molar-refractivity contribution in [1.82, 2.24) is 0 Å². The zero-order valence-electron chi connectivity index (χ0n) is 11.1. The van der Waals surface area contributed by atoms with Crippen LogP contribution in [0.1, 0.15) is 32.6 Å². The zero-order valence-corrected chi connectivity index (χ0v) is 11.1. The van der Waals surface area contributed by atoms with Gasteiger partial charge in [-0.2, -0.15) is 0 Å². The summed E-state index contributed by atoms with van der Waals surface area (Å²) in [5.41, 5.74) is -0.954. The van der Waals surface area contributed by atoms with Crippen molar-refractivity contribution in [3.8, 4) is 5.75 Å². The van der Waals surface area contributed by atoms with Gasteiger partial charge in [0.15, 0.2) is 0 Å². The summed E-state index contributed by atoms with van der Waals surface area (Å²) in [6, 6.07) is 9.25. The van der Waals surface area contributed by atoms with Crippen LogP contribution in [-0.2, 0) is 9.59 Å². The molecule has 100 valence electrons. The van der Waals surface area contributed by atoms with Crippen molar-refractivity contribution < 1.29 is 14.3 Å². The molecular formula is C16H18O3. The van der Waals surface area contributed by atoms with Crippen LogP contribution in [0.3, 0.4) is 0 Å². The first kappa shape index (κ1) is 13.5. The van der Waals surface area contributed by atoms with Crippen LogP contribution in [0.5, 0.6) is 5.75 Å². The second-order valence-corrected chi connectivity index (χ2v) is 5.16. The summed E-state index contributed by atoms with van der Waals surface area (Å²) in [7, 11) is 0. The molecule has 1 fully saturated rings. The quantitative estimate of drug-likeness (QED) is 0.614. The number of allylic oxidation sites excluding steroid dienone is 1. The number of Topliss-reactive ketones (excluding diaryl/α,β-unsaturated/α-hetero) is 2. The smallest absolute Gasteiger partial charge is 0.146 e.